The molecule has 0 saturated carbocycles. The van der Waals surface area contributed by atoms with Gasteiger partial charge in [-0.1, -0.05) is 34.5 Å². The van der Waals surface area contributed by atoms with Crippen molar-refractivity contribution in [2.45, 2.75) is 19.3 Å². The van der Waals surface area contributed by atoms with Crippen molar-refractivity contribution in [3.05, 3.63) is 61.5 Å². The van der Waals surface area contributed by atoms with Crippen molar-refractivity contribution < 1.29 is 23.9 Å². The van der Waals surface area contributed by atoms with E-state index in [-0.39, 0.29) is 5.78 Å². The molecule has 0 aromatic heterocycles. The Kier molecular flexibility index (Phi) is 6.81. The fourth-order valence-electron chi connectivity index (χ4n) is 3.68. The number of rotatable bonds is 5. The van der Waals surface area contributed by atoms with Crippen molar-refractivity contribution in [2.24, 2.45) is 11.8 Å². The highest BCUT2D eigenvalue weighted by Crippen LogP contribution is 2.48. The molecule has 3 atom stereocenters. The molecule has 152 valence electrons. The molecule has 3 rings (SSSR count). The van der Waals surface area contributed by atoms with Gasteiger partial charge < -0.3 is 9.47 Å². The number of fused-ring (bicyclic) bond motifs is 1. The number of Topliss-reactive ketones (excluding diaryl/α,β-unsaturated/α-hetero) is 1. The van der Waals surface area contributed by atoms with Crippen LogP contribution >= 0.6 is 43.5 Å². The Morgan fingerprint density at radius 2 is 1.86 bits per heavy atom. The summed E-state index contributed by atoms with van der Waals surface area (Å²) < 4.78 is 11.6. The van der Waals surface area contributed by atoms with Crippen molar-refractivity contribution in [3.8, 4) is 5.75 Å². The minimum absolute atomic E-state index is 0.181. The molecule has 0 bridgehead atoms. The van der Waals surface area contributed by atoms with Crippen LogP contribution < -0.4 is 4.74 Å². The average molecular weight is 545 g/mol. The summed E-state index contributed by atoms with van der Waals surface area (Å²) in [6, 6.07) is 10.1. The van der Waals surface area contributed by atoms with E-state index in [9.17, 15) is 14.4 Å². The van der Waals surface area contributed by atoms with Crippen LogP contribution in [0.2, 0.25) is 5.02 Å². The summed E-state index contributed by atoms with van der Waals surface area (Å²) in [4.78, 5) is 38.6. The molecule has 1 aliphatic heterocycles. The average Bonchev–Trinajstić information content (AvgIpc) is 2.69. The molecule has 0 spiro atoms. The van der Waals surface area contributed by atoms with Gasteiger partial charge in [-0.3, -0.25) is 14.4 Å². The highest BCUT2D eigenvalue weighted by molar-refractivity contribution is 9.11. The Hall–Kier alpha value is -1.70. The number of carbonyl (C=O) groups is 3. The van der Waals surface area contributed by atoms with Crippen LogP contribution in [0.5, 0.6) is 5.75 Å². The molecule has 0 radical (unpaired) electrons. The predicted octanol–water partition coefficient (Wildman–Crippen LogP) is 5.57. The van der Waals surface area contributed by atoms with E-state index in [4.69, 9.17) is 21.1 Å². The smallest absolute Gasteiger partial charge is 0.326 e. The number of hydrogen-bond acceptors (Lipinski definition) is 5. The van der Waals surface area contributed by atoms with Crippen LogP contribution in [0.25, 0.3) is 0 Å². The van der Waals surface area contributed by atoms with Gasteiger partial charge in [0.25, 0.3) is 0 Å². The largest absolute Gasteiger partial charge is 0.468 e. The van der Waals surface area contributed by atoms with E-state index in [2.05, 4.69) is 31.9 Å². The third kappa shape index (κ3) is 4.27. The first-order valence-electron chi connectivity index (χ1n) is 8.86. The molecule has 3 unspecified atom stereocenters. The third-order valence-corrected chi connectivity index (χ3v) is 6.30. The molecule has 1 aliphatic rings. The summed E-state index contributed by atoms with van der Waals surface area (Å²) in [5.41, 5.74) is 1.05. The number of halogens is 3. The predicted molar refractivity (Wildman–Crippen MR) is 115 cm³/mol. The standard InChI is InChI=1S/C21H17Br2ClO5/c1-3-13(18(25)10-4-6-12(24)7-5-10)16-14-8-11(22)9-15(23)19(14)29-21(27)17(16)20(26)28-2/h4-9,13,16-17H,3H2,1-2H3. The van der Waals surface area contributed by atoms with E-state index < -0.39 is 29.7 Å². The lowest BCUT2D eigenvalue weighted by molar-refractivity contribution is -0.158. The number of methoxy groups -OCH3 is 1. The van der Waals surface area contributed by atoms with Gasteiger partial charge >= 0.3 is 11.9 Å². The van der Waals surface area contributed by atoms with Gasteiger partial charge in [0.2, 0.25) is 0 Å². The fourth-order valence-corrected chi connectivity index (χ4v) is 5.14. The second-order valence-corrected chi connectivity index (χ2v) is 8.85. The van der Waals surface area contributed by atoms with Crippen molar-refractivity contribution in [1.82, 2.24) is 0 Å². The van der Waals surface area contributed by atoms with Crippen LogP contribution in [-0.2, 0) is 14.3 Å². The van der Waals surface area contributed by atoms with Gasteiger partial charge in [0.15, 0.2) is 11.7 Å². The van der Waals surface area contributed by atoms with Crippen LogP contribution in [0.1, 0.15) is 35.2 Å². The Morgan fingerprint density at radius 1 is 1.21 bits per heavy atom. The molecule has 0 N–H and O–H groups in total. The zero-order valence-electron chi connectivity index (χ0n) is 15.6. The number of benzene rings is 2. The molecule has 2 aromatic carbocycles. The van der Waals surface area contributed by atoms with Crippen LogP contribution in [0, 0.1) is 11.8 Å². The van der Waals surface area contributed by atoms with Gasteiger partial charge in [0, 0.05) is 32.5 Å². The number of esters is 2. The van der Waals surface area contributed by atoms with E-state index >= 15 is 0 Å². The third-order valence-electron chi connectivity index (χ3n) is 5.01. The molecule has 0 amide bonds. The maximum absolute atomic E-state index is 13.4. The first-order valence-corrected chi connectivity index (χ1v) is 10.8. The summed E-state index contributed by atoms with van der Waals surface area (Å²) in [7, 11) is 1.21. The number of ether oxygens (including phenoxy) is 2. The zero-order chi connectivity index (χ0) is 21.3. The SMILES string of the molecule is CCC(C(=O)c1ccc(Cl)cc1)C1c2cc(Br)cc(Br)c2OC(=O)C1C(=O)OC. The lowest BCUT2D eigenvalue weighted by Crippen LogP contribution is -2.42. The Bertz CT molecular complexity index is 974. The molecule has 0 saturated heterocycles. The van der Waals surface area contributed by atoms with Gasteiger partial charge in [-0.05, 0) is 58.7 Å². The van der Waals surface area contributed by atoms with E-state index in [0.717, 1.165) is 4.47 Å². The van der Waals surface area contributed by atoms with Crippen molar-refractivity contribution in [3.63, 3.8) is 0 Å². The van der Waals surface area contributed by atoms with Crippen molar-refractivity contribution >= 4 is 61.2 Å². The van der Waals surface area contributed by atoms with Crippen molar-refractivity contribution in [2.75, 3.05) is 7.11 Å². The summed E-state index contributed by atoms with van der Waals surface area (Å²) in [6.07, 6.45) is 0.413. The molecular formula is C21H17Br2ClO5. The molecule has 5 nitrogen and oxygen atoms in total. The number of ketones is 1. The fraction of sp³-hybridized carbons (Fsp3) is 0.286. The van der Waals surface area contributed by atoms with Gasteiger partial charge in [-0.15, -0.1) is 0 Å². The van der Waals surface area contributed by atoms with Crippen molar-refractivity contribution in [1.29, 1.82) is 0 Å². The molecule has 29 heavy (non-hydrogen) atoms. The van der Waals surface area contributed by atoms with Crippen LogP contribution in [0.15, 0.2) is 45.3 Å². The van der Waals surface area contributed by atoms with Gasteiger partial charge in [-0.25, -0.2) is 0 Å². The van der Waals surface area contributed by atoms with E-state index in [1.807, 2.05) is 6.92 Å². The van der Waals surface area contributed by atoms with Crippen LogP contribution in [-0.4, -0.2) is 24.8 Å². The second-order valence-electron chi connectivity index (χ2n) is 6.64. The topological polar surface area (TPSA) is 69.7 Å². The monoisotopic (exact) mass is 542 g/mol. The highest BCUT2D eigenvalue weighted by Gasteiger charge is 2.49. The molecule has 2 aromatic rings. The van der Waals surface area contributed by atoms with Crippen LogP contribution in [0.3, 0.4) is 0 Å². The Morgan fingerprint density at radius 3 is 2.45 bits per heavy atom. The van der Waals surface area contributed by atoms with E-state index in [1.54, 1.807) is 36.4 Å². The number of carbonyl (C=O) groups excluding carboxylic acids is 3. The molecule has 0 fully saturated rings. The van der Waals surface area contributed by atoms with Gasteiger partial charge in [0.1, 0.15) is 5.75 Å². The zero-order valence-corrected chi connectivity index (χ0v) is 19.5. The first-order chi connectivity index (χ1) is 13.8. The summed E-state index contributed by atoms with van der Waals surface area (Å²) in [5.74, 6) is -3.96. The lowest BCUT2D eigenvalue weighted by atomic mass is 9.71. The van der Waals surface area contributed by atoms with Crippen LogP contribution in [0.4, 0.5) is 0 Å². The van der Waals surface area contributed by atoms with E-state index in [0.29, 0.717) is 32.8 Å². The quantitative estimate of drug-likeness (QED) is 0.213. The maximum atomic E-state index is 13.4. The molecular weight excluding hydrogens is 527 g/mol. The number of hydrogen-bond donors (Lipinski definition) is 0. The molecule has 0 aliphatic carbocycles. The Labute approximate surface area is 190 Å². The summed E-state index contributed by atoms with van der Waals surface area (Å²) in [6.45, 7) is 1.85. The van der Waals surface area contributed by atoms with E-state index in [1.165, 1.54) is 7.11 Å². The summed E-state index contributed by atoms with van der Waals surface area (Å²) >= 11 is 12.8. The maximum Gasteiger partial charge on any atom is 0.326 e. The Balaban J connectivity index is 2.17. The molecule has 8 heteroatoms. The summed E-state index contributed by atoms with van der Waals surface area (Å²) in [5, 5.41) is 0.515. The molecule has 1 heterocycles. The lowest BCUT2D eigenvalue weighted by Gasteiger charge is -2.35. The minimum Gasteiger partial charge on any atom is -0.468 e. The minimum atomic E-state index is -1.24. The second kappa shape index (κ2) is 8.98. The van der Waals surface area contributed by atoms with Gasteiger partial charge in [-0.2, -0.15) is 0 Å². The highest BCUT2D eigenvalue weighted by atomic mass is 79.9. The first kappa shape index (κ1) is 22.0. The normalized spacial score (nSPS) is 19.1. The van der Waals surface area contributed by atoms with Gasteiger partial charge in [0.05, 0.1) is 11.6 Å².